The molecule has 1 rings (SSSR count). The smallest absolute Gasteiger partial charge is 0.239 e. The summed E-state index contributed by atoms with van der Waals surface area (Å²) in [5.41, 5.74) is 6.69. The standard InChI is InChI=1S/C13H19BrN2O2.ClH/c1-4-11(15)13(17)16(2)8-9-7-10(14)5-6-12(9)18-3;/h5-7,11H,4,8,15H2,1-3H3;1H/t11-;/m0./s1. The van der Waals surface area contributed by atoms with E-state index in [0.29, 0.717) is 13.0 Å². The molecule has 108 valence electrons. The second-order valence-electron chi connectivity index (χ2n) is 4.17. The summed E-state index contributed by atoms with van der Waals surface area (Å²) >= 11 is 3.41. The van der Waals surface area contributed by atoms with E-state index in [1.807, 2.05) is 25.1 Å². The number of benzene rings is 1. The molecular formula is C13H20BrClN2O2. The van der Waals surface area contributed by atoms with E-state index in [-0.39, 0.29) is 18.3 Å². The van der Waals surface area contributed by atoms with Crippen molar-refractivity contribution < 1.29 is 9.53 Å². The number of hydrogen-bond donors (Lipinski definition) is 1. The molecule has 1 atom stereocenters. The summed E-state index contributed by atoms with van der Waals surface area (Å²) in [4.78, 5) is 13.5. The second kappa shape index (κ2) is 8.40. The van der Waals surface area contributed by atoms with E-state index < -0.39 is 6.04 Å². The van der Waals surface area contributed by atoms with Gasteiger partial charge >= 0.3 is 0 Å². The van der Waals surface area contributed by atoms with Gasteiger partial charge in [0.2, 0.25) is 5.91 Å². The van der Waals surface area contributed by atoms with E-state index in [9.17, 15) is 4.79 Å². The van der Waals surface area contributed by atoms with Crippen LogP contribution in [0.4, 0.5) is 0 Å². The zero-order valence-electron chi connectivity index (χ0n) is 11.4. The number of ether oxygens (including phenoxy) is 1. The number of amides is 1. The van der Waals surface area contributed by atoms with E-state index in [4.69, 9.17) is 10.5 Å². The summed E-state index contributed by atoms with van der Waals surface area (Å²) in [6, 6.07) is 5.28. The molecule has 0 heterocycles. The van der Waals surface area contributed by atoms with Gasteiger partial charge in [0, 0.05) is 23.6 Å². The van der Waals surface area contributed by atoms with Crippen molar-refractivity contribution in [2.75, 3.05) is 14.2 Å². The molecule has 0 aliphatic heterocycles. The number of nitrogens with two attached hydrogens (primary N) is 1. The zero-order valence-corrected chi connectivity index (χ0v) is 13.8. The normalized spacial score (nSPS) is 11.4. The highest BCUT2D eigenvalue weighted by Crippen LogP contribution is 2.24. The van der Waals surface area contributed by atoms with Crippen LogP contribution in [-0.4, -0.2) is 31.0 Å². The van der Waals surface area contributed by atoms with Gasteiger partial charge in [0.25, 0.3) is 0 Å². The van der Waals surface area contributed by atoms with Gasteiger partial charge in [0.15, 0.2) is 0 Å². The quantitative estimate of drug-likeness (QED) is 0.887. The minimum absolute atomic E-state index is 0. The van der Waals surface area contributed by atoms with Crippen molar-refractivity contribution in [3.8, 4) is 5.75 Å². The molecule has 0 radical (unpaired) electrons. The molecule has 0 unspecified atom stereocenters. The lowest BCUT2D eigenvalue weighted by Crippen LogP contribution is -2.40. The largest absolute Gasteiger partial charge is 0.496 e. The first-order valence-corrected chi connectivity index (χ1v) is 6.61. The molecule has 0 aromatic heterocycles. The summed E-state index contributed by atoms with van der Waals surface area (Å²) in [5, 5.41) is 0. The van der Waals surface area contributed by atoms with Gasteiger partial charge < -0.3 is 15.4 Å². The molecule has 0 saturated carbocycles. The third-order valence-corrected chi connectivity index (χ3v) is 3.28. The molecule has 0 aliphatic rings. The highest BCUT2D eigenvalue weighted by atomic mass is 79.9. The number of nitrogens with zero attached hydrogens (tertiary/aromatic N) is 1. The van der Waals surface area contributed by atoms with Crippen LogP contribution in [0.15, 0.2) is 22.7 Å². The van der Waals surface area contributed by atoms with Crippen LogP contribution in [0.5, 0.6) is 5.75 Å². The van der Waals surface area contributed by atoms with Crippen molar-refractivity contribution in [3.63, 3.8) is 0 Å². The Balaban J connectivity index is 0.00000324. The number of methoxy groups -OCH3 is 1. The molecule has 1 aromatic carbocycles. The summed E-state index contributed by atoms with van der Waals surface area (Å²) in [6.45, 7) is 2.38. The van der Waals surface area contributed by atoms with Crippen molar-refractivity contribution in [1.29, 1.82) is 0 Å². The Morgan fingerprint density at radius 2 is 2.16 bits per heavy atom. The molecule has 0 saturated heterocycles. The van der Waals surface area contributed by atoms with Crippen molar-refractivity contribution in [1.82, 2.24) is 4.90 Å². The fraction of sp³-hybridized carbons (Fsp3) is 0.462. The van der Waals surface area contributed by atoms with Crippen LogP contribution in [0.1, 0.15) is 18.9 Å². The fourth-order valence-corrected chi connectivity index (χ4v) is 2.07. The van der Waals surface area contributed by atoms with E-state index in [0.717, 1.165) is 15.8 Å². The van der Waals surface area contributed by atoms with Crippen LogP contribution < -0.4 is 10.5 Å². The van der Waals surface area contributed by atoms with E-state index in [1.165, 1.54) is 0 Å². The van der Waals surface area contributed by atoms with E-state index in [1.54, 1.807) is 19.1 Å². The molecule has 1 amide bonds. The topological polar surface area (TPSA) is 55.6 Å². The predicted molar refractivity (Wildman–Crippen MR) is 82.7 cm³/mol. The Kier molecular flexibility index (Phi) is 8.06. The van der Waals surface area contributed by atoms with Crippen LogP contribution in [0, 0.1) is 0 Å². The van der Waals surface area contributed by atoms with Gasteiger partial charge in [-0.15, -0.1) is 12.4 Å². The first kappa shape index (κ1) is 18.2. The molecule has 2 N–H and O–H groups in total. The van der Waals surface area contributed by atoms with Gasteiger partial charge in [-0.1, -0.05) is 22.9 Å². The Labute approximate surface area is 128 Å². The zero-order chi connectivity index (χ0) is 13.7. The maximum Gasteiger partial charge on any atom is 0.239 e. The monoisotopic (exact) mass is 350 g/mol. The maximum absolute atomic E-state index is 11.9. The van der Waals surface area contributed by atoms with Crippen molar-refractivity contribution in [2.24, 2.45) is 5.73 Å². The Bertz CT molecular complexity index is 429. The van der Waals surface area contributed by atoms with Gasteiger partial charge in [-0.2, -0.15) is 0 Å². The molecule has 4 nitrogen and oxygen atoms in total. The number of likely N-dealkylation sites (N-methyl/N-ethyl adjacent to an activating group) is 1. The average Bonchev–Trinajstić information content (AvgIpc) is 2.37. The van der Waals surface area contributed by atoms with Crippen LogP contribution in [0.25, 0.3) is 0 Å². The van der Waals surface area contributed by atoms with E-state index >= 15 is 0 Å². The third kappa shape index (κ3) is 5.01. The first-order valence-electron chi connectivity index (χ1n) is 5.82. The molecular weight excluding hydrogens is 332 g/mol. The summed E-state index contributed by atoms with van der Waals surface area (Å²) < 4.78 is 6.24. The lowest BCUT2D eigenvalue weighted by atomic mass is 10.1. The Morgan fingerprint density at radius 3 is 2.68 bits per heavy atom. The van der Waals surface area contributed by atoms with Gasteiger partial charge in [-0.25, -0.2) is 0 Å². The number of halogens is 2. The maximum atomic E-state index is 11.9. The third-order valence-electron chi connectivity index (χ3n) is 2.78. The molecule has 6 heteroatoms. The van der Waals surface area contributed by atoms with E-state index in [2.05, 4.69) is 15.9 Å². The van der Waals surface area contributed by atoms with Gasteiger partial charge in [0.05, 0.1) is 13.2 Å². The van der Waals surface area contributed by atoms with Crippen molar-refractivity contribution in [2.45, 2.75) is 25.9 Å². The lowest BCUT2D eigenvalue weighted by molar-refractivity contribution is -0.131. The van der Waals surface area contributed by atoms with Crippen LogP contribution in [0.3, 0.4) is 0 Å². The first-order chi connectivity index (χ1) is 8.49. The lowest BCUT2D eigenvalue weighted by Gasteiger charge is -2.21. The molecule has 19 heavy (non-hydrogen) atoms. The highest BCUT2D eigenvalue weighted by Gasteiger charge is 2.17. The minimum atomic E-state index is -0.437. The number of carbonyl (C=O) groups is 1. The van der Waals surface area contributed by atoms with Gasteiger partial charge in [-0.05, 0) is 24.6 Å². The van der Waals surface area contributed by atoms with Crippen molar-refractivity contribution >= 4 is 34.2 Å². The fourth-order valence-electron chi connectivity index (χ4n) is 1.66. The Morgan fingerprint density at radius 1 is 1.53 bits per heavy atom. The average molecular weight is 352 g/mol. The minimum Gasteiger partial charge on any atom is -0.496 e. The summed E-state index contributed by atoms with van der Waals surface area (Å²) in [7, 11) is 3.37. The van der Waals surface area contributed by atoms with Crippen LogP contribution in [-0.2, 0) is 11.3 Å². The second-order valence-corrected chi connectivity index (χ2v) is 5.08. The molecule has 0 bridgehead atoms. The number of rotatable bonds is 5. The Hall–Kier alpha value is -0.780. The predicted octanol–water partition coefficient (Wildman–Crippen LogP) is 2.58. The van der Waals surface area contributed by atoms with Gasteiger partial charge in [-0.3, -0.25) is 4.79 Å². The molecule has 0 fully saturated rings. The SMILES string of the molecule is CC[C@H](N)C(=O)N(C)Cc1cc(Br)ccc1OC.Cl. The summed E-state index contributed by atoms with van der Waals surface area (Å²) in [5.74, 6) is 0.711. The van der Waals surface area contributed by atoms with Crippen LogP contribution in [0.2, 0.25) is 0 Å². The van der Waals surface area contributed by atoms with Crippen molar-refractivity contribution in [3.05, 3.63) is 28.2 Å². The molecule has 0 spiro atoms. The molecule has 0 aliphatic carbocycles. The highest BCUT2D eigenvalue weighted by molar-refractivity contribution is 9.10. The number of hydrogen-bond acceptors (Lipinski definition) is 3. The summed E-state index contributed by atoms with van der Waals surface area (Å²) in [6.07, 6.45) is 0.638. The van der Waals surface area contributed by atoms with Crippen LogP contribution >= 0.6 is 28.3 Å². The van der Waals surface area contributed by atoms with Gasteiger partial charge in [0.1, 0.15) is 5.75 Å². The molecule has 1 aromatic rings. The number of carbonyl (C=O) groups excluding carboxylic acids is 1.